The second-order valence-corrected chi connectivity index (χ2v) is 9.36. The summed E-state index contributed by atoms with van der Waals surface area (Å²) in [5.41, 5.74) is 11.4. The molecule has 5 nitrogen and oxygen atoms in total. The molecule has 0 unspecified atom stereocenters. The molecule has 3 aromatic rings. The van der Waals surface area contributed by atoms with E-state index in [1.165, 1.54) is 22.3 Å². The molecular formula is C30H33BN2O3. The number of para-hydroxylation sites is 2. The number of rotatable bonds is 6. The molecule has 3 heterocycles. The lowest BCUT2D eigenvalue weighted by Crippen LogP contribution is -2.36. The number of aliphatic imine (C=N–C) groups is 1. The molecule has 0 atom stereocenters. The highest BCUT2D eigenvalue weighted by molar-refractivity contribution is 6.46. The highest BCUT2D eigenvalue weighted by atomic mass is 16.6. The van der Waals surface area contributed by atoms with Crippen molar-refractivity contribution in [3.8, 4) is 17.2 Å². The first kappa shape index (κ1) is 24.0. The van der Waals surface area contributed by atoms with Gasteiger partial charge in [0.2, 0.25) is 0 Å². The first-order valence-corrected chi connectivity index (χ1v) is 12.7. The molecule has 0 saturated carbocycles. The molecular weight excluding hydrogens is 447 g/mol. The van der Waals surface area contributed by atoms with E-state index >= 15 is 0 Å². The first-order chi connectivity index (χ1) is 17.4. The highest BCUT2D eigenvalue weighted by Crippen LogP contribution is 2.42. The standard InChI is InChI=1S/C30H33BN2O3/c1-8-24-18(3)29(32-20(24)5)28(22-13-12-14-23(17-22)34-7)30-19(4)25(9-2)21(6)33(30)31-35-26-15-10-11-16-27(26)36-31/h10-17H,8-9H2,1-7H3/b29-28-. The summed E-state index contributed by atoms with van der Waals surface area (Å²) in [5.74, 6) is 2.32. The zero-order chi connectivity index (χ0) is 25.6. The maximum Gasteiger partial charge on any atom is 0.743 e. The van der Waals surface area contributed by atoms with E-state index in [9.17, 15) is 0 Å². The topological polar surface area (TPSA) is 45.0 Å². The number of methoxy groups -OCH3 is 1. The van der Waals surface area contributed by atoms with Crippen molar-refractivity contribution in [2.45, 2.75) is 54.4 Å². The van der Waals surface area contributed by atoms with Crippen molar-refractivity contribution in [2.24, 2.45) is 4.99 Å². The van der Waals surface area contributed by atoms with Crippen molar-refractivity contribution in [3.05, 3.63) is 93.5 Å². The van der Waals surface area contributed by atoms with Crippen LogP contribution in [-0.4, -0.2) is 24.6 Å². The molecule has 0 aliphatic carbocycles. The molecule has 0 spiro atoms. The summed E-state index contributed by atoms with van der Waals surface area (Å²) in [6.07, 6.45) is 1.86. The lowest BCUT2D eigenvalue weighted by atomic mass is 9.92. The van der Waals surface area contributed by atoms with Crippen molar-refractivity contribution >= 4 is 18.5 Å². The maximum atomic E-state index is 6.36. The minimum atomic E-state index is -0.598. The van der Waals surface area contributed by atoms with Crippen LogP contribution in [0.4, 0.5) is 0 Å². The average molecular weight is 480 g/mol. The molecule has 0 radical (unpaired) electrons. The Morgan fingerprint density at radius 1 is 0.944 bits per heavy atom. The minimum Gasteiger partial charge on any atom is -0.503 e. The van der Waals surface area contributed by atoms with Crippen molar-refractivity contribution < 1.29 is 14.0 Å². The van der Waals surface area contributed by atoms with Gasteiger partial charge in [-0.2, -0.15) is 0 Å². The molecule has 0 amide bonds. The van der Waals surface area contributed by atoms with Gasteiger partial charge in [-0.15, -0.1) is 0 Å². The van der Waals surface area contributed by atoms with E-state index < -0.39 is 7.25 Å². The van der Waals surface area contributed by atoms with Gasteiger partial charge in [-0.05, 0) is 92.6 Å². The van der Waals surface area contributed by atoms with Gasteiger partial charge in [-0.1, -0.05) is 38.1 Å². The van der Waals surface area contributed by atoms with Crippen LogP contribution in [0.5, 0.6) is 17.2 Å². The van der Waals surface area contributed by atoms with Gasteiger partial charge in [0.15, 0.2) is 0 Å². The third kappa shape index (κ3) is 3.76. The van der Waals surface area contributed by atoms with Crippen LogP contribution < -0.4 is 14.0 Å². The second-order valence-electron chi connectivity index (χ2n) is 9.36. The molecule has 0 bridgehead atoms. The molecule has 2 aliphatic rings. The van der Waals surface area contributed by atoms with Crippen LogP contribution in [0.1, 0.15) is 62.2 Å². The Hall–Kier alpha value is -3.67. The molecule has 0 fully saturated rings. The Balaban J connectivity index is 1.82. The van der Waals surface area contributed by atoms with Gasteiger partial charge in [0, 0.05) is 22.7 Å². The van der Waals surface area contributed by atoms with Crippen molar-refractivity contribution in [3.63, 3.8) is 0 Å². The molecule has 2 aliphatic heterocycles. The number of hydrogen-bond donors (Lipinski definition) is 0. The third-order valence-corrected chi connectivity index (χ3v) is 7.43. The summed E-state index contributed by atoms with van der Waals surface area (Å²) in [6, 6.07) is 16.1. The smallest absolute Gasteiger partial charge is 0.503 e. The maximum absolute atomic E-state index is 6.36. The number of allylic oxidation sites excluding steroid dienone is 2. The minimum absolute atomic E-state index is 0.598. The van der Waals surface area contributed by atoms with Crippen LogP contribution in [0.3, 0.4) is 0 Å². The predicted molar refractivity (Wildman–Crippen MR) is 147 cm³/mol. The Morgan fingerprint density at radius 2 is 1.64 bits per heavy atom. The second kappa shape index (κ2) is 9.42. The fourth-order valence-electron chi connectivity index (χ4n) is 5.65. The van der Waals surface area contributed by atoms with Gasteiger partial charge < -0.3 is 18.5 Å². The zero-order valence-electron chi connectivity index (χ0n) is 22.2. The van der Waals surface area contributed by atoms with Crippen LogP contribution in [0.2, 0.25) is 0 Å². The molecule has 1 aromatic heterocycles. The number of hydrogen-bond acceptors (Lipinski definition) is 4. The Morgan fingerprint density at radius 3 is 2.22 bits per heavy atom. The third-order valence-electron chi connectivity index (χ3n) is 7.43. The summed E-state index contributed by atoms with van der Waals surface area (Å²) in [7, 11) is 1.11. The van der Waals surface area contributed by atoms with Gasteiger partial charge >= 0.3 is 7.25 Å². The monoisotopic (exact) mass is 480 g/mol. The fraction of sp³-hybridized carbons (Fsp3) is 0.300. The average Bonchev–Trinajstić information content (AvgIpc) is 3.51. The Kier molecular flexibility index (Phi) is 6.29. The largest absolute Gasteiger partial charge is 0.743 e. The normalized spacial score (nSPS) is 16.1. The van der Waals surface area contributed by atoms with E-state index in [-0.39, 0.29) is 0 Å². The van der Waals surface area contributed by atoms with Crippen molar-refractivity contribution in [1.29, 1.82) is 0 Å². The van der Waals surface area contributed by atoms with Gasteiger partial charge in [0.25, 0.3) is 0 Å². The van der Waals surface area contributed by atoms with Gasteiger partial charge in [0.05, 0.1) is 12.8 Å². The first-order valence-electron chi connectivity index (χ1n) is 12.7. The Labute approximate surface area is 214 Å². The lowest BCUT2D eigenvalue weighted by molar-refractivity contribution is 0.414. The summed E-state index contributed by atoms with van der Waals surface area (Å²) in [5, 5.41) is 0. The highest BCUT2D eigenvalue weighted by Gasteiger charge is 2.41. The van der Waals surface area contributed by atoms with Crippen LogP contribution in [0, 0.1) is 13.8 Å². The van der Waals surface area contributed by atoms with E-state index in [0.29, 0.717) is 0 Å². The van der Waals surface area contributed by atoms with Gasteiger partial charge in [-0.25, -0.2) is 0 Å². The molecule has 2 aromatic carbocycles. The number of ether oxygens (including phenoxy) is 1. The summed E-state index contributed by atoms with van der Waals surface area (Å²) < 4.78 is 20.5. The Bertz CT molecular complexity index is 1420. The van der Waals surface area contributed by atoms with Crippen molar-refractivity contribution in [2.75, 3.05) is 7.11 Å². The number of fused-ring (bicyclic) bond motifs is 1. The summed E-state index contributed by atoms with van der Waals surface area (Å²) in [4.78, 5) is 5.13. The van der Waals surface area contributed by atoms with E-state index in [0.717, 1.165) is 64.0 Å². The van der Waals surface area contributed by atoms with E-state index in [4.69, 9.17) is 19.0 Å². The quantitative estimate of drug-likeness (QED) is 0.359. The summed E-state index contributed by atoms with van der Waals surface area (Å²) >= 11 is 0. The number of aromatic nitrogens is 1. The van der Waals surface area contributed by atoms with Crippen LogP contribution >= 0.6 is 0 Å². The molecule has 5 rings (SSSR count). The molecule has 0 saturated heterocycles. The summed E-state index contributed by atoms with van der Waals surface area (Å²) in [6.45, 7) is 13.0. The molecule has 0 N–H and O–H groups in total. The van der Waals surface area contributed by atoms with Crippen LogP contribution in [-0.2, 0) is 6.42 Å². The van der Waals surface area contributed by atoms with Crippen LogP contribution in [0.25, 0.3) is 5.57 Å². The SMILES string of the molecule is CCC1=C(C)/C(=C(\c2cccc(OC)c2)c2c(C)c(CC)c(C)n2B2Oc3ccccc3O2)N=C1C. The van der Waals surface area contributed by atoms with Crippen molar-refractivity contribution in [1.82, 2.24) is 4.48 Å². The fourth-order valence-corrected chi connectivity index (χ4v) is 5.65. The van der Waals surface area contributed by atoms with Gasteiger partial charge in [0.1, 0.15) is 17.2 Å². The number of benzene rings is 2. The number of nitrogens with zero attached hydrogens (tertiary/aromatic N) is 2. The van der Waals surface area contributed by atoms with E-state index in [1.807, 2.05) is 36.4 Å². The molecule has 6 heteroatoms. The zero-order valence-corrected chi connectivity index (χ0v) is 22.2. The lowest BCUT2D eigenvalue weighted by Gasteiger charge is -2.19. The molecule has 36 heavy (non-hydrogen) atoms. The van der Waals surface area contributed by atoms with Gasteiger partial charge in [-0.3, -0.25) is 4.99 Å². The van der Waals surface area contributed by atoms with Crippen LogP contribution in [0.15, 0.2) is 70.4 Å². The molecule has 184 valence electrons. The van der Waals surface area contributed by atoms with E-state index in [2.05, 4.69) is 58.2 Å². The predicted octanol–water partition coefficient (Wildman–Crippen LogP) is 6.94. The van der Waals surface area contributed by atoms with E-state index in [1.54, 1.807) is 7.11 Å².